The van der Waals surface area contributed by atoms with Crippen LogP contribution < -0.4 is 4.74 Å². The first-order chi connectivity index (χ1) is 8.69. The molecule has 1 amide bonds. The molecule has 1 rings (SSSR count). The molecule has 8 heteroatoms. The minimum absolute atomic E-state index is 0.146. The van der Waals surface area contributed by atoms with Gasteiger partial charge in [0.1, 0.15) is 12.3 Å². The van der Waals surface area contributed by atoms with Crippen LogP contribution in [0.2, 0.25) is 0 Å². The van der Waals surface area contributed by atoms with Gasteiger partial charge in [-0.05, 0) is 12.1 Å². The largest absolute Gasteiger partial charge is 0.484 e. The molecule has 0 radical (unpaired) electrons. The first-order valence-electron chi connectivity index (χ1n) is 5.07. The number of halogens is 5. The van der Waals surface area contributed by atoms with Gasteiger partial charge in [0.15, 0.2) is 18.2 Å². The van der Waals surface area contributed by atoms with E-state index < -0.39 is 36.9 Å². The molecule has 106 valence electrons. The van der Waals surface area contributed by atoms with E-state index in [1.807, 2.05) is 0 Å². The number of rotatable bonds is 4. The van der Waals surface area contributed by atoms with E-state index in [4.69, 9.17) is 4.74 Å². The van der Waals surface area contributed by atoms with E-state index in [9.17, 15) is 26.7 Å². The van der Waals surface area contributed by atoms with Crippen molar-refractivity contribution in [2.24, 2.45) is 0 Å². The molecule has 0 unspecified atom stereocenters. The Balaban J connectivity index is 2.52. The summed E-state index contributed by atoms with van der Waals surface area (Å²) in [7, 11) is 0.963. The van der Waals surface area contributed by atoms with Crippen LogP contribution in [0.5, 0.6) is 5.75 Å². The third-order valence-electron chi connectivity index (χ3n) is 2.10. The van der Waals surface area contributed by atoms with Crippen LogP contribution in [0, 0.1) is 11.6 Å². The summed E-state index contributed by atoms with van der Waals surface area (Å²) in [5, 5.41) is 0. The summed E-state index contributed by atoms with van der Waals surface area (Å²) in [5.74, 6) is -3.34. The third-order valence-corrected chi connectivity index (χ3v) is 2.10. The van der Waals surface area contributed by atoms with Gasteiger partial charge in [-0.1, -0.05) is 0 Å². The molecular weight excluding hydrogens is 273 g/mol. The topological polar surface area (TPSA) is 29.5 Å². The summed E-state index contributed by atoms with van der Waals surface area (Å²) >= 11 is 0. The number of amides is 1. The second kappa shape index (κ2) is 5.85. The zero-order valence-electron chi connectivity index (χ0n) is 9.80. The van der Waals surface area contributed by atoms with E-state index in [-0.39, 0.29) is 5.75 Å². The number of hydrogen-bond acceptors (Lipinski definition) is 2. The van der Waals surface area contributed by atoms with Crippen LogP contribution in [-0.2, 0) is 4.79 Å². The van der Waals surface area contributed by atoms with E-state index in [0.717, 1.165) is 19.2 Å². The molecule has 1 aromatic carbocycles. The summed E-state index contributed by atoms with van der Waals surface area (Å²) in [6, 6.07) is 2.55. The van der Waals surface area contributed by atoms with Gasteiger partial charge in [0.05, 0.1) is 0 Å². The van der Waals surface area contributed by atoms with Crippen LogP contribution in [0.15, 0.2) is 18.2 Å². The minimum Gasteiger partial charge on any atom is -0.484 e. The minimum atomic E-state index is -4.51. The number of benzene rings is 1. The fraction of sp³-hybridized carbons (Fsp3) is 0.364. The summed E-state index contributed by atoms with van der Waals surface area (Å²) in [6.45, 7) is -2.11. The van der Waals surface area contributed by atoms with E-state index in [0.29, 0.717) is 11.0 Å². The average Bonchev–Trinajstić information content (AvgIpc) is 2.28. The Morgan fingerprint density at radius 3 is 2.42 bits per heavy atom. The summed E-state index contributed by atoms with van der Waals surface area (Å²) in [4.78, 5) is 11.7. The number of nitrogens with zero attached hydrogens (tertiary/aromatic N) is 1. The number of likely N-dealkylation sites (N-methyl/N-ethyl adjacent to an activating group) is 1. The lowest BCUT2D eigenvalue weighted by atomic mass is 10.3. The van der Waals surface area contributed by atoms with Gasteiger partial charge in [-0.15, -0.1) is 0 Å². The molecule has 0 aromatic heterocycles. The Kier molecular flexibility index (Phi) is 4.68. The van der Waals surface area contributed by atoms with E-state index >= 15 is 0 Å². The number of alkyl halides is 3. The van der Waals surface area contributed by atoms with Gasteiger partial charge >= 0.3 is 6.18 Å². The molecular formula is C11H10F5NO2. The Labute approximate surface area is 105 Å². The van der Waals surface area contributed by atoms with Crippen molar-refractivity contribution in [3.8, 4) is 5.75 Å². The second-order valence-electron chi connectivity index (χ2n) is 3.73. The monoisotopic (exact) mass is 283 g/mol. The number of carbonyl (C=O) groups excluding carboxylic acids is 1. The molecule has 0 aliphatic rings. The summed E-state index contributed by atoms with van der Waals surface area (Å²) < 4.78 is 66.1. The Morgan fingerprint density at radius 1 is 1.26 bits per heavy atom. The van der Waals surface area contributed by atoms with E-state index in [2.05, 4.69) is 0 Å². The van der Waals surface area contributed by atoms with E-state index in [1.165, 1.54) is 0 Å². The summed E-state index contributed by atoms with van der Waals surface area (Å²) in [5.41, 5.74) is 0. The van der Waals surface area contributed by atoms with Gasteiger partial charge < -0.3 is 9.64 Å². The molecule has 0 saturated heterocycles. The lowest BCUT2D eigenvalue weighted by molar-refractivity contribution is -0.159. The SMILES string of the molecule is CN(CC(F)(F)F)C(=O)COc1ccc(F)c(F)c1. The van der Waals surface area contributed by atoms with Gasteiger partial charge in [0, 0.05) is 13.1 Å². The lowest BCUT2D eigenvalue weighted by Crippen LogP contribution is -2.38. The zero-order chi connectivity index (χ0) is 14.6. The maximum absolute atomic E-state index is 12.8. The van der Waals surface area contributed by atoms with Crippen molar-refractivity contribution >= 4 is 5.91 Å². The average molecular weight is 283 g/mol. The van der Waals surface area contributed by atoms with Crippen molar-refractivity contribution in [1.29, 1.82) is 0 Å². The number of ether oxygens (including phenoxy) is 1. The highest BCUT2D eigenvalue weighted by molar-refractivity contribution is 5.77. The quantitative estimate of drug-likeness (QED) is 0.794. The molecule has 0 N–H and O–H groups in total. The van der Waals surface area contributed by atoms with Crippen molar-refractivity contribution < 1.29 is 31.5 Å². The van der Waals surface area contributed by atoms with Gasteiger partial charge in [-0.25, -0.2) is 8.78 Å². The van der Waals surface area contributed by atoms with Gasteiger partial charge in [0.25, 0.3) is 5.91 Å². The first-order valence-corrected chi connectivity index (χ1v) is 5.07. The Hall–Kier alpha value is -1.86. The zero-order valence-corrected chi connectivity index (χ0v) is 9.80. The molecule has 0 aliphatic heterocycles. The predicted molar refractivity (Wildman–Crippen MR) is 55.5 cm³/mol. The highest BCUT2D eigenvalue weighted by Gasteiger charge is 2.31. The lowest BCUT2D eigenvalue weighted by Gasteiger charge is -2.19. The highest BCUT2D eigenvalue weighted by atomic mass is 19.4. The Bertz CT molecular complexity index is 461. The van der Waals surface area contributed by atoms with Crippen LogP contribution in [0.4, 0.5) is 22.0 Å². The molecule has 0 atom stereocenters. The number of carbonyl (C=O) groups is 1. The normalized spacial score (nSPS) is 11.3. The maximum Gasteiger partial charge on any atom is 0.406 e. The van der Waals surface area contributed by atoms with Crippen LogP contribution in [0.25, 0.3) is 0 Å². The standard InChI is InChI=1S/C11H10F5NO2/c1-17(6-11(14,15)16)10(18)5-19-7-2-3-8(12)9(13)4-7/h2-4H,5-6H2,1H3. The van der Waals surface area contributed by atoms with Crippen LogP contribution in [-0.4, -0.2) is 37.2 Å². The molecule has 0 spiro atoms. The fourth-order valence-corrected chi connectivity index (χ4v) is 1.18. The van der Waals surface area contributed by atoms with Gasteiger partial charge in [0.2, 0.25) is 0 Å². The third kappa shape index (κ3) is 5.11. The van der Waals surface area contributed by atoms with Crippen LogP contribution >= 0.6 is 0 Å². The molecule has 1 aromatic rings. The highest BCUT2D eigenvalue weighted by Crippen LogP contribution is 2.17. The molecule has 3 nitrogen and oxygen atoms in total. The fourth-order valence-electron chi connectivity index (χ4n) is 1.18. The van der Waals surface area contributed by atoms with Crippen LogP contribution in [0.1, 0.15) is 0 Å². The molecule has 0 fully saturated rings. The maximum atomic E-state index is 12.8. The van der Waals surface area contributed by atoms with Crippen molar-refractivity contribution in [3.05, 3.63) is 29.8 Å². The van der Waals surface area contributed by atoms with Crippen molar-refractivity contribution in [2.45, 2.75) is 6.18 Å². The van der Waals surface area contributed by atoms with Crippen molar-refractivity contribution in [3.63, 3.8) is 0 Å². The predicted octanol–water partition coefficient (Wildman–Crippen LogP) is 2.36. The smallest absolute Gasteiger partial charge is 0.406 e. The van der Waals surface area contributed by atoms with E-state index in [1.54, 1.807) is 0 Å². The first kappa shape index (κ1) is 15.2. The Morgan fingerprint density at radius 2 is 1.89 bits per heavy atom. The molecule has 19 heavy (non-hydrogen) atoms. The molecule has 0 aliphatic carbocycles. The second-order valence-corrected chi connectivity index (χ2v) is 3.73. The van der Waals surface area contributed by atoms with Gasteiger partial charge in [-0.2, -0.15) is 13.2 Å². The van der Waals surface area contributed by atoms with Crippen molar-refractivity contribution in [2.75, 3.05) is 20.2 Å². The summed E-state index contributed by atoms with van der Waals surface area (Å²) in [6.07, 6.45) is -4.51. The molecule has 0 saturated carbocycles. The number of hydrogen-bond donors (Lipinski definition) is 0. The van der Waals surface area contributed by atoms with Gasteiger partial charge in [-0.3, -0.25) is 4.79 Å². The molecule has 0 heterocycles. The van der Waals surface area contributed by atoms with Crippen molar-refractivity contribution in [1.82, 2.24) is 4.90 Å². The van der Waals surface area contributed by atoms with Crippen LogP contribution in [0.3, 0.4) is 0 Å². The molecule has 0 bridgehead atoms.